The monoisotopic (exact) mass is 305 g/mol. The molecule has 0 fully saturated rings. The Labute approximate surface area is 130 Å². The fraction of sp³-hybridized carbons (Fsp3) is 0.0714. The van der Waals surface area contributed by atoms with Crippen molar-refractivity contribution >= 4 is 17.4 Å². The second-order valence-electron chi connectivity index (χ2n) is 4.86. The van der Waals surface area contributed by atoms with Crippen molar-refractivity contribution in [2.24, 2.45) is 7.05 Å². The summed E-state index contributed by atoms with van der Waals surface area (Å²) in [5, 5.41) is 23.1. The minimum atomic E-state index is 0.314. The first-order chi connectivity index (χ1) is 11.3. The number of aryl methyl sites for hydroxylation is 1. The molecule has 0 amide bonds. The van der Waals surface area contributed by atoms with Crippen LogP contribution in [0, 0.1) is 11.3 Å². The number of anilines is 2. The number of aromatic amines is 1. The van der Waals surface area contributed by atoms with Gasteiger partial charge in [-0.05, 0) is 6.07 Å². The van der Waals surface area contributed by atoms with Crippen LogP contribution in [-0.2, 0) is 7.05 Å². The lowest BCUT2D eigenvalue weighted by atomic mass is 10.2. The Balaban J connectivity index is 1.92. The van der Waals surface area contributed by atoms with Crippen molar-refractivity contribution in [2.75, 3.05) is 5.32 Å². The van der Waals surface area contributed by atoms with Crippen molar-refractivity contribution in [3.63, 3.8) is 0 Å². The number of aromatic nitrogens is 7. The normalized spacial score (nSPS) is 10.8. The van der Waals surface area contributed by atoms with Gasteiger partial charge in [0.25, 0.3) is 0 Å². The molecule has 2 N–H and O–H groups in total. The number of fused-ring (bicyclic) bond motifs is 1. The maximum atomic E-state index is 9.16. The molecule has 0 radical (unpaired) electrons. The Morgan fingerprint density at radius 3 is 2.91 bits per heavy atom. The topological polar surface area (TPSA) is 113 Å². The van der Waals surface area contributed by atoms with E-state index >= 15 is 0 Å². The highest BCUT2D eigenvalue weighted by molar-refractivity contribution is 5.76. The van der Waals surface area contributed by atoms with E-state index in [1.165, 1.54) is 0 Å². The molecule has 0 aliphatic heterocycles. The quantitative estimate of drug-likeness (QED) is 0.592. The summed E-state index contributed by atoms with van der Waals surface area (Å²) >= 11 is 0. The number of nitriles is 1. The highest BCUT2D eigenvalue weighted by Crippen LogP contribution is 2.25. The van der Waals surface area contributed by atoms with Crippen molar-refractivity contribution < 1.29 is 0 Å². The lowest BCUT2D eigenvalue weighted by Gasteiger charge is -2.09. The molecule has 112 valence electrons. The number of hydrogen-bond acceptors (Lipinski definition) is 6. The Morgan fingerprint density at radius 1 is 1.30 bits per heavy atom. The fourth-order valence-electron chi connectivity index (χ4n) is 2.39. The number of H-pyrrole nitrogens is 1. The maximum absolute atomic E-state index is 9.16. The number of imidazole rings is 1. The van der Waals surface area contributed by atoms with Crippen molar-refractivity contribution in [3.05, 3.63) is 42.6 Å². The first-order valence-electron chi connectivity index (χ1n) is 6.79. The Hall–Kier alpha value is -3.67. The van der Waals surface area contributed by atoms with Crippen LogP contribution >= 0.6 is 0 Å². The van der Waals surface area contributed by atoms with Crippen LogP contribution in [0.4, 0.5) is 11.8 Å². The fourth-order valence-corrected chi connectivity index (χ4v) is 2.39. The smallest absolute Gasteiger partial charge is 0.214 e. The summed E-state index contributed by atoms with van der Waals surface area (Å²) in [4.78, 5) is 8.81. The molecule has 0 spiro atoms. The van der Waals surface area contributed by atoms with Gasteiger partial charge in [-0.15, -0.1) is 0 Å². The van der Waals surface area contributed by atoms with Crippen LogP contribution in [0.3, 0.4) is 0 Å². The lowest BCUT2D eigenvalue weighted by Crippen LogP contribution is -2.03. The van der Waals surface area contributed by atoms with Crippen molar-refractivity contribution in [1.29, 1.82) is 5.26 Å². The van der Waals surface area contributed by atoms with Crippen molar-refractivity contribution in [3.8, 4) is 17.3 Å². The molecule has 0 bridgehead atoms. The van der Waals surface area contributed by atoms with E-state index in [0.29, 0.717) is 23.1 Å². The molecule has 9 heteroatoms. The highest BCUT2D eigenvalue weighted by atomic mass is 15.3. The predicted octanol–water partition coefficient (Wildman–Crippen LogP) is 1.47. The van der Waals surface area contributed by atoms with Gasteiger partial charge < -0.3 is 5.32 Å². The molecular weight excluding hydrogens is 294 g/mol. The third-order valence-corrected chi connectivity index (χ3v) is 3.45. The molecule has 0 aliphatic carbocycles. The van der Waals surface area contributed by atoms with Gasteiger partial charge in [-0.2, -0.15) is 15.5 Å². The summed E-state index contributed by atoms with van der Waals surface area (Å²) in [5.74, 6) is 1.23. The van der Waals surface area contributed by atoms with Gasteiger partial charge in [0, 0.05) is 25.5 Å². The zero-order valence-corrected chi connectivity index (χ0v) is 12.1. The highest BCUT2D eigenvalue weighted by Gasteiger charge is 2.15. The second-order valence-corrected chi connectivity index (χ2v) is 4.86. The van der Waals surface area contributed by atoms with Crippen LogP contribution in [-0.4, -0.2) is 34.3 Å². The molecule has 0 aromatic carbocycles. The van der Waals surface area contributed by atoms with Crippen LogP contribution < -0.4 is 5.32 Å². The molecule has 4 aromatic rings. The standard InChI is InChI=1S/C14H11N9/c1-22-11(2-5-18-22)10-7-16-14(20-12-3-4-17-21-12)23-8-9(6-15)19-13(10)23/h2-5,7-8H,1H3,(H2,16,17,20,21). The largest absolute Gasteiger partial charge is 0.310 e. The van der Waals surface area contributed by atoms with E-state index in [2.05, 4.69) is 36.7 Å². The van der Waals surface area contributed by atoms with Gasteiger partial charge in [0.1, 0.15) is 11.9 Å². The zero-order valence-electron chi connectivity index (χ0n) is 12.1. The molecule has 4 aromatic heterocycles. The van der Waals surface area contributed by atoms with Gasteiger partial charge >= 0.3 is 0 Å². The molecule has 4 rings (SSSR count). The number of hydrogen-bond donors (Lipinski definition) is 2. The molecule has 0 atom stereocenters. The molecule has 0 saturated carbocycles. The minimum absolute atomic E-state index is 0.314. The third-order valence-electron chi connectivity index (χ3n) is 3.45. The minimum Gasteiger partial charge on any atom is -0.310 e. The van der Waals surface area contributed by atoms with Crippen LogP contribution in [0.15, 0.2) is 36.9 Å². The van der Waals surface area contributed by atoms with Gasteiger partial charge in [-0.3, -0.25) is 14.2 Å². The van der Waals surface area contributed by atoms with Crippen LogP contribution in [0.1, 0.15) is 5.69 Å². The second kappa shape index (κ2) is 4.96. The average molecular weight is 305 g/mol. The Morgan fingerprint density at radius 2 is 2.22 bits per heavy atom. The van der Waals surface area contributed by atoms with Gasteiger partial charge in [0.05, 0.1) is 23.7 Å². The van der Waals surface area contributed by atoms with Gasteiger partial charge in [0.15, 0.2) is 11.3 Å². The summed E-state index contributed by atoms with van der Waals surface area (Å²) in [6, 6.07) is 5.72. The molecular formula is C14H11N9. The summed E-state index contributed by atoms with van der Waals surface area (Å²) in [7, 11) is 1.84. The van der Waals surface area contributed by atoms with E-state index in [1.807, 2.05) is 13.1 Å². The maximum Gasteiger partial charge on any atom is 0.214 e. The van der Waals surface area contributed by atoms with E-state index < -0.39 is 0 Å². The van der Waals surface area contributed by atoms with Crippen LogP contribution in [0.5, 0.6) is 0 Å². The molecule has 0 unspecified atom stereocenters. The van der Waals surface area contributed by atoms with E-state index in [4.69, 9.17) is 5.26 Å². The molecule has 4 heterocycles. The number of rotatable bonds is 3. The van der Waals surface area contributed by atoms with Crippen molar-refractivity contribution in [1.82, 2.24) is 34.3 Å². The van der Waals surface area contributed by atoms with E-state index in [9.17, 15) is 0 Å². The summed E-state index contributed by atoms with van der Waals surface area (Å²) in [6.07, 6.45) is 6.69. The van der Waals surface area contributed by atoms with Gasteiger partial charge in [-0.25, -0.2) is 9.97 Å². The van der Waals surface area contributed by atoms with Crippen molar-refractivity contribution in [2.45, 2.75) is 0 Å². The van der Waals surface area contributed by atoms with Gasteiger partial charge in [0.2, 0.25) is 5.95 Å². The Bertz CT molecular complexity index is 1020. The zero-order chi connectivity index (χ0) is 15.8. The summed E-state index contributed by atoms with van der Waals surface area (Å²) < 4.78 is 3.47. The average Bonchev–Trinajstić information content (AvgIpc) is 3.28. The van der Waals surface area contributed by atoms with Crippen LogP contribution in [0.2, 0.25) is 0 Å². The summed E-state index contributed by atoms with van der Waals surface area (Å²) in [6.45, 7) is 0. The molecule has 23 heavy (non-hydrogen) atoms. The van der Waals surface area contributed by atoms with Gasteiger partial charge in [-0.1, -0.05) is 0 Å². The Kier molecular flexibility index (Phi) is 2.81. The van der Waals surface area contributed by atoms with Crippen LogP contribution in [0.25, 0.3) is 16.9 Å². The van der Waals surface area contributed by atoms with E-state index in [1.54, 1.807) is 39.9 Å². The first kappa shape index (κ1) is 13.0. The SMILES string of the molecule is Cn1nccc1-c1cnc(Nc2ccn[nH]2)n2cc(C#N)nc12. The van der Waals surface area contributed by atoms with E-state index in [-0.39, 0.29) is 0 Å². The predicted molar refractivity (Wildman–Crippen MR) is 81.8 cm³/mol. The lowest BCUT2D eigenvalue weighted by molar-refractivity contribution is 0.775. The number of nitrogens with zero attached hydrogens (tertiary/aromatic N) is 7. The molecule has 0 aliphatic rings. The first-order valence-corrected chi connectivity index (χ1v) is 6.79. The number of nitrogens with one attached hydrogen (secondary N) is 2. The molecule has 9 nitrogen and oxygen atoms in total. The third kappa shape index (κ3) is 2.09. The molecule has 0 saturated heterocycles. The summed E-state index contributed by atoms with van der Waals surface area (Å²) in [5.41, 5.74) is 2.60. The van der Waals surface area contributed by atoms with E-state index in [0.717, 1.165) is 11.3 Å².